The number of amides is 1. The summed E-state index contributed by atoms with van der Waals surface area (Å²) in [7, 11) is 0. The number of aryl methyl sites for hydroxylation is 1. The molecule has 7 nitrogen and oxygen atoms in total. The van der Waals surface area contributed by atoms with E-state index in [2.05, 4.69) is 4.90 Å². The van der Waals surface area contributed by atoms with Gasteiger partial charge < -0.3 is 14.2 Å². The average Bonchev–Trinajstić information content (AvgIpc) is 3.23. The van der Waals surface area contributed by atoms with E-state index in [9.17, 15) is 4.79 Å². The molecule has 1 fully saturated rings. The van der Waals surface area contributed by atoms with Gasteiger partial charge in [-0.15, -0.1) is 12.4 Å². The van der Waals surface area contributed by atoms with Crippen molar-refractivity contribution in [3.63, 3.8) is 0 Å². The Morgan fingerprint density at radius 1 is 1.18 bits per heavy atom. The molecule has 184 valence electrons. The zero-order chi connectivity index (χ0) is 23.2. The van der Waals surface area contributed by atoms with Crippen LogP contribution in [0.15, 0.2) is 36.4 Å². The Bertz CT molecular complexity index is 1090. The monoisotopic (exact) mass is 525 g/mol. The molecule has 10 heteroatoms. The van der Waals surface area contributed by atoms with Crippen LogP contribution in [0, 0.1) is 6.92 Å². The Morgan fingerprint density at radius 2 is 1.85 bits per heavy atom. The summed E-state index contributed by atoms with van der Waals surface area (Å²) in [5.41, 5.74) is 1.86. The highest BCUT2D eigenvalue weighted by Gasteiger charge is 2.22. The Hall–Kier alpha value is -2.10. The summed E-state index contributed by atoms with van der Waals surface area (Å²) in [5, 5.41) is 1.32. The predicted octanol–water partition coefficient (Wildman–Crippen LogP) is 4.82. The molecule has 1 aliphatic rings. The van der Waals surface area contributed by atoms with Gasteiger partial charge in [0.1, 0.15) is 11.5 Å². The van der Waals surface area contributed by atoms with Crippen LogP contribution >= 0.6 is 35.3 Å². The summed E-state index contributed by atoms with van der Waals surface area (Å²) in [6, 6.07) is 11.1. The number of hydrogen-bond donors (Lipinski definition) is 0. The Kier molecular flexibility index (Phi) is 9.79. The molecule has 1 aliphatic heterocycles. The summed E-state index contributed by atoms with van der Waals surface area (Å²) >= 11 is 7.71. The molecule has 1 amide bonds. The topological polar surface area (TPSA) is 64.1 Å². The number of carbonyl (C=O) groups excluding carboxylic acids is 1. The standard InChI is InChI=1S/C24H28ClN3O4S.ClH/c1-3-31-19-4-6-20(7-5-19)32-16-22(29)28(9-8-27-10-12-30-13-11-27)24-26-23-17(2)14-18(25)15-21(23)33-24;/h4-7,14-15H,3,8-13,16H2,1-2H3;1H. The first-order valence-corrected chi connectivity index (χ1v) is 12.3. The summed E-state index contributed by atoms with van der Waals surface area (Å²) < 4.78 is 17.7. The minimum Gasteiger partial charge on any atom is -0.494 e. The summed E-state index contributed by atoms with van der Waals surface area (Å²) in [6.45, 7) is 8.86. The van der Waals surface area contributed by atoms with Crippen LogP contribution < -0.4 is 14.4 Å². The van der Waals surface area contributed by atoms with Crippen molar-refractivity contribution in [2.24, 2.45) is 0 Å². The van der Waals surface area contributed by atoms with Gasteiger partial charge in [-0.25, -0.2) is 4.98 Å². The van der Waals surface area contributed by atoms with E-state index in [1.165, 1.54) is 11.3 Å². The highest BCUT2D eigenvalue weighted by molar-refractivity contribution is 7.22. The Balaban J connectivity index is 0.00000324. The van der Waals surface area contributed by atoms with Crippen LogP contribution in [0.4, 0.5) is 5.13 Å². The lowest BCUT2D eigenvalue weighted by Crippen LogP contribution is -2.44. The molecule has 34 heavy (non-hydrogen) atoms. The van der Waals surface area contributed by atoms with Crippen molar-refractivity contribution in [2.45, 2.75) is 13.8 Å². The van der Waals surface area contributed by atoms with Crippen LogP contribution in [0.3, 0.4) is 0 Å². The number of halogens is 2. The minimum atomic E-state index is -0.139. The van der Waals surface area contributed by atoms with Gasteiger partial charge in [0.15, 0.2) is 11.7 Å². The fourth-order valence-corrected chi connectivity index (χ4v) is 5.14. The number of anilines is 1. The molecule has 0 saturated carbocycles. The SMILES string of the molecule is CCOc1ccc(OCC(=O)N(CCN2CCOCC2)c2nc3c(C)cc(Cl)cc3s2)cc1.Cl. The van der Waals surface area contributed by atoms with Gasteiger partial charge in [-0.1, -0.05) is 22.9 Å². The quantitative estimate of drug-likeness (QED) is 0.398. The third-order valence-corrected chi connectivity index (χ3v) is 6.66. The molecule has 0 N–H and O–H groups in total. The second-order valence-corrected chi connectivity index (χ2v) is 9.20. The summed E-state index contributed by atoms with van der Waals surface area (Å²) in [4.78, 5) is 22.1. The van der Waals surface area contributed by atoms with E-state index in [1.807, 2.05) is 38.1 Å². The molecule has 1 aromatic heterocycles. The van der Waals surface area contributed by atoms with Crippen LogP contribution in [0.25, 0.3) is 10.2 Å². The zero-order valence-electron chi connectivity index (χ0n) is 19.3. The largest absolute Gasteiger partial charge is 0.494 e. The molecular formula is C24H29Cl2N3O4S. The van der Waals surface area contributed by atoms with E-state index >= 15 is 0 Å². The second-order valence-electron chi connectivity index (χ2n) is 7.76. The van der Waals surface area contributed by atoms with Crippen molar-refractivity contribution in [1.29, 1.82) is 0 Å². The van der Waals surface area contributed by atoms with Crippen molar-refractivity contribution in [3.8, 4) is 11.5 Å². The lowest BCUT2D eigenvalue weighted by Gasteiger charge is -2.29. The lowest BCUT2D eigenvalue weighted by molar-refractivity contribution is -0.120. The minimum absolute atomic E-state index is 0. The number of morpholine rings is 1. The van der Waals surface area contributed by atoms with E-state index in [4.69, 9.17) is 30.8 Å². The third-order valence-electron chi connectivity index (χ3n) is 5.41. The van der Waals surface area contributed by atoms with Crippen molar-refractivity contribution >= 4 is 56.6 Å². The van der Waals surface area contributed by atoms with E-state index < -0.39 is 0 Å². The fourth-order valence-electron chi connectivity index (χ4n) is 3.67. The van der Waals surface area contributed by atoms with Crippen molar-refractivity contribution in [2.75, 3.05) is 57.5 Å². The third kappa shape index (κ3) is 6.73. The van der Waals surface area contributed by atoms with Gasteiger partial charge in [-0.3, -0.25) is 14.6 Å². The number of fused-ring (bicyclic) bond motifs is 1. The molecule has 0 unspecified atom stereocenters. The smallest absolute Gasteiger partial charge is 0.266 e. The number of thiazole rings is 1. The maximum absolute atomic E-state index is 13.3. The zero-order valence-corrected chi connectivity index (χ0v) is 21.7. The molecule has 2 aromatic carbocycles. The maximum atomic E-state index is 13.3. The van der Waals surface area contributed by atoms with Gasteiger partial charge >= 0.3 is 0 Å². The summed E-state index contributed by atoms with van der Waals surface area (Å²) in [5.74, 6) is 1.25. The molecule has 0 aliphatic carbocycles. The first kappa shape index (κ1) is 26.5. The highest BCUT2D eigenvalue weighted by atomic mass is 35.5. The molecule has 1 saturated heterocycles. The van der Waals surface area contributed by atoms with Crippen LogP contribution in [-0.2, 0) is 9.53 Å². The fraction of sp³-hybridized carbons (Fsp3) is 0.417. The van der Waals surface area contributed by atoms with E-state index in [-0.39, 0.29) is 24.9 Å². The molecule has 0 bridgehead atoms. The van der Waals surface area contributed by atoms with Gasteiger partial charge in [0.05, 0.1) is 30.0 Å². The first-order chi connectivity index (χ1) is 16.0. The Labute approximate surface area is 215 Å². The van der Waals surface area contributed by atoms with Crippen molar-refractivity contribution in [1.82, 2.24) is 9.88 Å². The molecular weight excluding hydrogens is 497 g/mol. The Morgan fingerprint density at radius 3 is 2.53 bits per heavy atom. The van der Waals surface area contributed by atoms with Gasteiger partial charge in [-0.05, 0) is 55.8 Å². The molecule has 0 atom stereocenters. The number of nitrogens with zero attached hydrogens (tertiary/aromatic N) is 3. The maximum Gasteiger partial charge on any atom is 0.266 e. The normalized spacial score (nSPS) is 14.0. The number of ether oxygens (including phenoxy) is 3. The van der Waals surface area contributed by atoms with Crippen molar-refractivity contribution < 1.29 is 19.0 Å². The van der Waals surface area contributed by atoms with Crippen LogP contribution in [0.2, 0.25) is 5.02 Å². The number of carbonyl (C=O) groups is 1. The molecule has 0 radical (unpaired) electrons. The molecule has 2 heterocycles. The van der Waals surface area contributed by atoms with Crippen LogP contribution in [-0.4, -0.2) is 68.4 Å². The van der Waals surface area contributed by atoms with E-state index in [0.717, 1.165) is 41.2 Å². The van der Waals surface area contributed by atoms with Gasteiger partial charge in [-0.2, -0.15) is 0 Å². The number of rotatable bonds is 9. The van der Waals surface area contributed by atoms with Gasteiger partial charge in [0.2, 0.25) is 0 Å². The summed E-state index contributed by atoms with van der Waals surface area (Å²) in [6.07, 6.45) is 0. The van der Waals surface area contributed by atoms with Crippen LogP contribution in [0.5, 0.6) is 11.5 Å². The number of benzene rings is 2. The molecule has 0 spiro atoms. The van der Waals surface area contributed by atoms with Gasteiger partial charge in [0.25, 0.3) is 5.91 Å². The van der Waals surface area contributed by atoms with Crippen LogP contribution in [0.1, 0.15) is 12.5 Å². The van der Waals surface area contributed by atoms with E-state index in [1.54, 1.807) is 17.0 Å². The molecule has 3 aromatic rings. The lowest BCUT2D eigenvalue weighted by atomic mass is 10.2. The van der Waals surface area contributed by atoms with E-state index in [0.29, 0.717) is 42.3 Å². The molecule has 4 rings (SSSR count). The predicted molar refractivity (Wildman–Crippen MR) is 139 cm³/mol. The second kappa shape index (κ2) is 12.6. The number of hydrogen-bond acceptors (Lipinski definition) is 7. The average molecular weight is 526 g/mol. The van der Waals surface area contributed by atoms with Gasteiger partial charge in [0, 0.05) is 31.2 Å². The first-order valence-electron chi connectivity index (χ1n) is 11.1. The number of aromatic nitrogens is 1. The highest BCUT2D eigenvalue weighted by Crippen LogP contribution is 2.33. The van der Waals surface area contributed by atoms with Crippen molar-refractivity contribution in [3.05, 3.63) is 47.0 Å².